The van der Waals surface area contributed by atoms with Crippen molar-refractivity contribution in [1.82, 2.24) is 0 Å². The van der Waals surface area contributed by atoms with Crippen molar-refractivity contribution in [3.63, 3.8) is 0 Å². The second-order valence-electron chi connectivity index (χ2n) is 4.84. The molecular weight excluding hydrogens is 184 g/mol. The molecule has 1 aliphatic rings. The number of ketones is 1. The minimum Gasteiger partial charge on any atom is -0.295 e. The molecule has 1 heteroatoms. The van der Waals surface area contributed by atoms with E-state index in [-0.39, 0.29) is 0 Å². The molecule has 0 N–H and O–H groups in total. The molecule has 2 unspecified atom stereocenters. The van der Waals surface area contributed by atoms with Crippen molar-refractivity contribution in [2.24, 2.45) is 11.8 Å². The zero-order chi connectivity index (χ0) is 11.4. The molecule has 0 saturated heterocycles. The highest BCUT2D eigenvalue weighted by molar-refractivity contribution is 5.91. The van der Waals surface area contributed by atoms with Crippen LogP contribution in [0.25, 0.3) is 0 Å². The van der Waals surface area contributed by atoms with Gasteiger partial charge in [-0.25, -0.2) is 0 Å². The lowest BCUT2D eigenvalue weighted by Crippen LogP contribution is -2.22. The molecule has 1 rings (SSSR count). The smallest absolute Gasteiger partial charge is 0.155 e. The van der Waals surface area contributed by atoms with Gasteiger partial charge in [-0.1, -0.05) is 31.1 Å². The fourth-order valence-electron chi connectivity index (χ4n) is 2.31. The van der Waals surface area contributed by atoms with Gasteiger partial charge < -0.3 is 0 Å². The molecule has 0 amide bonds. The summed E-state index contributed by atoms with van der Waals surface area (Å²) in [7, 11) is 0. The Bertz CT molecular complexity index is 292. The van der Waals surface area contributed by atoms with Crippen LogP contribution < -0.4 is 0 Å². The lowest BCUT2D eigenvalue weighted by Gasteiger charge is -2.28. The topological polar surface area (TPSA) is 17.1 Å². The first kappa shape index (κ1) is 12.2. The van der Waals surface area contributed by atoms with Crippen molar-refractivity contribution in [3.8, 4) is 0 Å². The van der Waals surface area contributed by atoms with Crippen LogP contribution in [0.3, 0.4) is 0 Å². The maximum Gasteiger partial charge on any atom is 0.155 e. The Balaban J connectivity index is 2.79. The van der Waals surface area contributed by atoms with Crippen molar-refractivity contribution in [2.45, 2.75) is 47.0 Å². The lowest BCUT2D eigenvalue weighted by atomic mass is 9.76. The van der Waals surface area contributed by atoms with E-state index in [0.717, 1.165) is 19.3 Å². The number of allylic oxidation sites excluding steroid dienone is 4. The van der Waals surface area contributed by atoms with Gasteiger partial charge in [0.2, 0.25) is 0 Å². The highest BCUT2D eigenvalue weighted by Crippen LogP contribution is 2.33. The second kappa shape index (κ2) is 5.29. The molecular formula is C14H22O. The quantitative estimate of drug-likeness (QED) is 0.640. The first-order valence-electron chi connectivity index (χ1n) is 5.91. The summed E-state index contributed by atoms with van der Waals surface area (Å²) in [6.07, 6.45) is 7.00. The molecule has 1 nitrogen and oxygen atoms in total. The first-order valence-corrected chi connectivity index (χ1v) is 5.91. The normalized spacial score (nSPS) is 26.1. The van der Waals surface area contributed by atoms with Crippen LogP contribution >= 0.6 is 0 Å². The van der Waals surface area contributed by atoms with E-state index >= 15 is 0 Å². The summed E-state index contributed by atoms with van der Waals surface area (Å²) in [6, 6.07) is 0. The Morgan fingerprint density at radius 3 is 2.73 bits per heavy atom. The van der Waals surface area contributed by atoms with Gasteiger partial charge in [-0.15, -0.1) is 0 Å². The van der Waals surface area contributed by atoms with E-state index < -0.39 is 0 Å². The molecule has 0 aromatic heterocycles. The van der Waals surface area contributed by atoms with Crippen molar-refractivity contribution >= 4 is 5.78 Å². The minimum absolute atomic E-state index is 0.313. The van der Waals surface area contributed by atoms with Crippen LogP contribution in [0.15, 0.2) is 23.3 Å². The minimum atomic E-state index is 0.313. The first-order chi connectivity index (χ1) is 7.04. The molecule has 0 heterocycles. The van der Waals surface area contributed by atoms with Gasteiger partial charge in [-0.05, 0) is 44.6 Å². The monoisotopic (exact) mass is 206 g/mol. The molecule has 0 aliphatic heterocycles. The van der Waals surface area contributed by atoms with E-state index in [1.807, 2.05) is 6.08 Å². The Labute approximate surface area is 93.3 Å². The second-order valence-corrected chi connectivity index (χ2v) is 4.84. The zero-order valence-electron chi connectivity index (χ0n) is 10.3. The maximum atomic E-state index is 11.4. The van der Waals surface area contributed by atoms with Crippen LogP contribution in [0.4, 0.5) is 0 Å². The third kappa shape index (κ3) is 3.33. The van der Waals surface area contributed by atoms with Crippen LogP contribution in [0, 0.1) is 11.8 Å². The van der Waals surface area contributed by atoms with Gasteiger partial charge in [0.05, 0.1) is 0 Å². The molecule has 0 saturated carbocycles. The summed E-state index contributed by atoms with van der Waals surface area (Å²) in [4.78, 5) is 11.4. The predicted octanol–water partition coefficient (Wildman–Crippen LogP) is 3.90. The van der Waals surface area contributed by atoms with Gasteiger partial charge >= 0.3 is 0 Å². The summed E-state index contributed by atoms with van der Waals surface area (Å²) < 4.78 is 0. The molecule has 0 fully saturated rings. The van der Waals surface area contributed by atoms with E-state index in [4.69, 9.17) is 0 Å². The van der Waals surface area contributed by atoms with E-state index in [2.05, 4.69) is 33.8 Å². The number of carbonyl (C=O) groups excluding carboxylic acids is 1. The summed E-state index contributed by atoms with van der Waals surface area (Å²) in [6.45, 7) is 8.61. The van der Waals surface area contributed by atoms with Crippen molar-refractivity contribution < 1.29 is 4.79 Å². The fraction of sp³-hybridized carbons (Fsp3) is 0.643. The van der Waals surface area contributed by atoms with Gasteiger partial charge in [0.25, 0.3) is 0 Å². The molecule has 2 atom stereocenters. The Kier molecular flexibility index (Phi) is 4.31. The van der Waals surface area contributed by atoms with Crippen LogP contribution in [0.1, 0.15) is 47.0 Å². The average Bonchev–Trinajstić information content (AvgIpc) is 2.14. The third-order valence-electron chi connectivity index (χ3n) is 3.22. The average molecular weight is 206 g/mol. The largest absolute Gasteiger partial charge is 0.295 e. The predicted molar refractivity (Wildman–Crippen MR) is 64.7 cm³/mol. The van der Waals surface area contributed by atoms with Gasteiger partial charge in [0.1, 0.15) is 0 Å². The Morgan fingerprint density at radius 1 is 1.53 bits per heavy atom. The molecule has 0 bridgehead atoms. The van der Waals surface area contributed by atoms with Gasteiger partial charge in [0, 0.05) is 6.42 Å². The highest BCUT2D eigenvalue weighted by Gasteiger charge is 2.26. The molecule has 0 aromatic rings. The molecule has 1 aliphatic carbocycles. The summed E-state index contributed by atoms with van der Waals surface area (Å²) in [5, 5.41) is 0. The van der Waals surface area contributed by atoms with E-state index in [1.54, 1.807) is 0 Å². The maximum absolute atomic E-state index is 11.4. The lowest BCUT2D eigenvalue weighted by molar-refractivity contribution is -0.116. The van der Waals surface area contributed by atoms with Crippen molar-refractivity contribution in [1.29, 1.82) is 0 Å². The molecule has 0 aromatic carbocycles. The standard InChI is InChI=1S/C14H22O/c1-5-12-9-13(15)8-11(4)14(12)7-6-10(2)3/h6,9,11,14H,5,7-8H2,1-4H3. The Hall–Kier alpha value is -0.850. The fourth-order valence-corrected chi connectivity index (χ4v) is 2.31. The van der Waals surface area contributed by atoms with Gasteiger partial charge in [-0.2, -0.15) is 0 Å². The Morgan fingerprint density at radius 2 is 2.20 bits per heavy atom. The van der Waals surface area contributed by atoms with E-state index in [9.17, 15) is 4.79 Å². The molecule has 84 valence electrons. The number of carbonyl (C=O) groups is 1. The van der Waals surface area contributed by atoms with Crippen molar-refractivity contribution in [2.75, 3.05) is 0 Å². The van der Waals surface area contributed by atoms with Crippen LogP contribution in [-0.2, 0) is 4.79 Å². The zero-order valence-corrected chi connectivity index (χ0v) is 10.3. The molecule has 15 heavy (non-hydrogen) atoms. The third-order valence-corrected chi connectivity index (χ3v) is 3.22. The van der Waals surface area contributed by atoms with E-state index in [0.29, 0.717) is 17.6 Å². The highest BCUT2D eigenvalue weighted by atomic mass is 16.1. The van der Waals surface area contributed by atoms with E-state index in [1.165, 1.54) is 11.1 Å². The number of rotatable bonds is 3. The SMILES string of the molecule is CCC1=CC(=O)CC(C)C1CC=C(C)C. The molecule has 0 spiro atoms. The van der Waals surface area contributed by atoms with Crippen LogP contribution in [-0.4, -0.2) is 5.78 Å². The van der Waals surface area contributed by atoms with Gasteiger partial charge in [-0.3, -0.25) is 4.79 Å². The van der Waals surface area contributed by atoms with Gasteiger partial charge in [0.15, 0.2) is 5.78 Å². The van der Waals surface area contributed by atoms with Crippen LogP contribution in [0.2, 0.25) is 0 Å². The summed E-state index contributed by atoms with van der Waals surface area (Å²) in [5.41, 5.74) is 2.71. The number of hydrogen-bond donors (Lipinski definition) is 0. The van der Waals surface area contributed by atoms with Crippen LogP contribution in [0.5, 0.6) is 0 Å². The summed E-state index contributed by atoms with van der Waals surface area (Å²) in [5.74, 6) is 1.41. The van der Waals surface area contributed by atoms with Crippen molar-refractivity contribution in [3.05, 3.63) is 23.3 Å². The summed E-state index contributed by atoms with van der Waals surface area (Å²) >= 11 is 0. The molecule has 0 radical (unpaired) electrons. The number of hydrogen-bond acceptors (Lipinski definition) is 1.